The molecule has 0 aliphatic rings. The average Bonchev–Trinajstić information content (AvgIpc) is 3.47. The number of sulfonamides is 1. The molecule has 3 rings (SSSR count). The summed E-state index contributed by atoms with van der Waals surface area (Å²) in [5.74, 6) is 0.127. The molecule has 11 heteroatoms. The number of hydrogen-bond acceptors (Lipinski definition) is 8. The second-order valence-corrected chi connectivity index (χ2v) is 12.4. The number of benzene rings is 1. The Morgan fingerprint density at radius 3 is 2.55 bits per heavy atom. The van der Waals surface area contributed by atoms with Crippen molar-refractivity contribution < 1.29 is 18.0 Å². The third kappa shape index (κ3) is 6.51. The van der Waals surface area contributed by atoms with Gasteiger partial charge in [0.25, 0.3) is 5.91 Å². The standard InChI is InChI=1S/C22H25N3O4S4/c1-25(2)33(28,29)16-11-20(31-13-16)22(27)24-17(9-10-30-3)19(26)12-21-23-18(14-32-21)15-7-5-4-6-8-15/h4-8,11,13-14,17H,9-10,12H2,1-3H3,(H,24,27). The van der Waals surface area contributed by atoms with Gasteiger partial charge in [-0.15, -0.1) is 22.7 Å². The molecule has 7 nitrogen and oxygen atoms in total. The molecular weight excluding hydrogens is 499 g/mol. The topological polar surface area (TPSA) is 96.4 Å². The van der Waals surface area contributed by atoms with E-state index in [4.69, 9.17) is 0 Å². The zero-order valence-electron chi connectivity index (χ0n) is 18.5. The largest absolute Gasteiger partial charge is 0.341 e. The van der Waals surface area contributed by atoms with Crippen molar-refractivity contribution in [3.8, 4) is 11.3 Å². The third-order valence-electron chi connectivity index (χ3n) is 4.83. The van der Waals surface area contributed by atoms with Crippen molar-refractivity contribution in [3.05, 3.63) is 57.0 Å². The smallest absolute Gasteiger partial charge is 0.261 e. The van der Waals surface area contributed by atoms with Crippen LogP contribution in [0.3, 0.4) is 0 Å². The van der Waals surface area contributed by atoms with E-state index >= 15 is 0 Å². The van der Waals surface area contributed by atoms with Crippen LogP contribution < -0.4 is 5.32 Å². The van der Waals surface area contributed by atoms with Gasteiger partial charge in [0.15, 0.2) is 5.78 Å². The van der Waals surface area contributed by atoms with Crippen molar-refractivity contribution in [3.63, 3.8) is 0 Å². The highest BCUT2D eigenvalue weighted by Gasteiger charge is 2.25. The maximum Gasteiger partial charge on any atom is 0.261 e. The van der Waals surface area contributed by atoms with Crippen molar-refractivity contribution in [2.24, 2.45) is 0 Å². The Balaban J connectivity index is 1.71. The minimum atomic E-state index is -3.62. The highest BCUT2D eigenvalue weighted by atomic mass is 32.2. The summed E-state index contributed by atoms with van der Waals surface area (Å²) in [6, 6.07) is 10.4. The number of carbonyl (C=O) groups is 2. The van der Waals surface area contributed by atoms with Crippen LogP contribution in [0.4, 0.5) is 0 Å². The van der Waals surface area contributed by atoms with E-state index in [9.17, 15) is 18.0 Å². The minimum Gasteiger partial charge on any atom is -0.341 e. The van der Waals surface area contributed by atoms with Gasteiger partial charge in [0.05, 0.1) is 27.9 Å². The molecule has 0 radical (unpaired) electrons. The molecule has 0 fully saturated rings. The number of aromatic nitrogens is 1. The summed E-state index contributed by atoms with van der Waals surface area (Å²) in [6.45, 7) is 0. The van der Waals surface area contributed by atoms with Gasteiger partial charge in [-0.05, 0) is 24.5 Å². The first-order valence-corrected chi connectivity index (χ1v) is 14.6. The molecule has 0 aliphatic carbocycles. The highest BCUT2D eigenvalue weighted by Crippen LogP contribution is 2.23. The number of ketones is 1. The molecule has 0 saturated carbocycles. The molecule has 0 aliphatic heterocycles. The molecule has 1 N–H and O–H groups in total. The zero-order chi connectivity index (χ0) is 24.0. The van der Waals surface area contributed by atoms with E-state index in [1.807, 2.05) is 42.0 Å². The van der Waals surface area contributed by atoms with Crippen LogP contribution in [0.5, 0.6) is 0 Å². The lowest BCUT2D eigenvalue weighted by Crippen LogP contribution is -2.41. The van der Waals surface area contributed by atoms with E-state index in [-0.39, 0.29) is 22.0 Å². The molecule has 1 atom stereocenters. The first-order chi connectivity index (χ1) is 15.7. The second-order valence-electron chi connectivity index (χ2n) is 7.38. The van der Waals surface area contributed by atoms with Crippen LogP contribution in [0.1, 0.15) is 21.1 Å². The lowest BCUT2D eigenvalue weighted by molar-refractivity contribution is -0.120. The second kappa shape index (κ2) is 11.4. The fourth-order valence-electron chi connectivity index (χ4n) is 2.97. The molecule has 0 spiro atoms. The lowest BCUT2D eigenvalue weighted by Gasteiger charge is -2.16. The molecular formula is C22H25N3O4S4. The quantitative estimate of drug-likeness (QED) is 0.411. The summed E-state index contributed by atoms with van der Waals surface area (Å²) in [5.41, 5.74) is 1.81. The maximum absolute atomic E-state index is 13.0. The van der Waals surface area contributed by atoms with Crippen LogP contribution in [-0.2, 0) is 21.2 Å². The van der Waals surface area contributed by atoms with Crippen molar-refractivity contribution in [1.29, 1.82) is 0 Å². The minimum absolute atomic E-state index is 0.0610. The Kier molecular flexibility index (Phi) is 8.82. The number of amides is 1. The number of rotatable bonds is 11. The summed E-state index contributed by atoms with van der Waals surface area (Å²) < 4.78 is 25.7. The van der Waals surface area contributed by atoms with Gasteiger partial charge in [-0.2, -0.15) is 11.8 Å². The predicted molar refractivity (Wildman–Crippen MR) is 136 cm³/mol. The lowest BCUT2D eigenvalue weighted by atomic mass is 10.1. The van der Waals surface area contributed by atoms with E-state index in [2.05, 4.69) is 10.3 Å². The normalized spacial score (nSPS) is 12.6. The number of hydrogen-bond donors (Lipinski definition) is 1. The summed E-state index contributed by atoms with van der Waals surface area (Å²) in [7, 11) is -0.751. The van der Waals surface area contributed by atoms with Gasteiger partial charge in [-0.3, -0.25) is 9.59 Å². The Morgan fingerprint density at radius 1 is 1.15 bits per heavy atom. The molecule has 1 aromatic carbocycles. The van der Waals surface area contributed by atoms with E-state index in [1.165, 1.54) is 36.9 Å². The Bertz CT molecular complexity index is 1200. The average molecular weight is 524 g/mol. The predicted octanol–water partition coefficient (Wildman–Crippen LogP) is 3.79. The van der Waals surface area contributed by atoms with Crippen molar-refractivity contribution >= 4 is 56.1 Å². The SMILES string of the molecule is CSCCC(NC(=O)c1cc(S(=O)(=O)N(C)C)cs1)C(=O)Cc1nc(-c2ccccc2)cs1. The van der Waals surface area contributed by atoms with E-state index in [0.29, 0.717) is 17.2 Å². The maximum atomic E-state index is 13.0. The number of carbonyl (C=O) groups excluding carboxylic acids is 2. The molecule has 0 bridgehead atoms. The van der Waals surface area contributed by atoms with Crippen LogP contribution in [0, 0.1) is 0 Å². The zero-order valence-corrected chi connectivity index (χ0v) is 21.7. The summed E-state index contributed by atoms with van der Waals surface area (Å²) >= 11 is 4.05. The van der Waals surface area contributed by atoms with Gasteiger partial charge in [0, 0.05) is 30.4 Å². The van der Waals surface area contributed by atoms with Gasteiger partial charge in [-0.25, -0.2) is 17.7 Å². The van der Waals surface area contributed by atoms with E-state index in [1.54, 1.807) is 11.8 Å². The van der Waals surface area contributed by atoms with Gasteiger partial charge in [0.1, 0.15) is 5.01 Å². The van der Waals surface area contributed by atoms with Crippen molar-refractivity contribution in [2.75, 3.05) is 26.1 Å². The van der Waals surface area contributed by atoms with Gasteiger partial charge < -0.3 is 5.32 Å². The number of thiophene rings is 1. The molecule has 2 aromatic heterocycles. The van der Waals surface area contributed by atoms with Crippen LogP contribution in [0.25, 0.3) is 11.3 Å². The summed E-state index contributed by atoms with van der Waals surface area (Å²) in [5, 5.41) is 6.85. The highest BCUT2D eigenvalue weighted by molar-refractivity contribution is 7.98. The molecule has 1 amide bonds. The molecule has 0 saturated heterocycles. The van der Waals surface area contributed by atoms with Crippen molar-refractivity contribution in [2.45, 2.75) is 23.8 Å². The number of thioether (sulfide) groups is 1. The molecule has 1 unspecified atom stereocenters. The Morgan fingerprint density at radius 2 is 1.88 bits per heavy atom. The van der Waals surface area contributed by atoms with E-state index < -0.39 is 22.0 Å². The monoisotopic (exact) mass is 523 g/mol. The fraction of sp³-hybridized carbons (Fsp3) is 0.318. The number of nitrogens with one attached hydrogen (secondary N) is 1. The van der Waals surface area contributed by atoms with Crippen LogP contribution >= 0.6 is 34.4 Å². The van der Waals surface area contributed by atoms with Gasteiger partial charge >= 0.3 is 0 Å². The number of nitrogens with zero attached hydrogens (tertiary/aromatic N) is 2. The Labute approximate surface area is 206 Å². The first kappa shape index (κ1) is 25.6. The summed E-state index contributed by atoms with van der Waals surface area (Å²) in [4.78, 5) is 30.7. The van der Waals surface area contributed by atoms with Gasteiger partial charge in [-0.1, -0.05) is 30.3 Å². The number of thiazole rings is 1. The molecule has 33 heavy (non-hydrogen) atoms. The first-order valence-electron chi connectivity index (χ1n) is 10.1. The van der Waals surface area contributed by atoms with Crippen molar-refractivity contribution in [1.82, 2.24) is 14.6 Å². The molecule has 3 aromatic rings. The fourth-order valence-corrected chi connectivity index (χ4v) is 6.32. The van der Waals surface area contributed by atoms with Crippen LogP contribution in [0.2, 0.25) is 0 Å². The Hall–Kier alpha value is -2.05. The molecule has 176 valence electrons. The number of Topliss-reactive ketones (excluding diaryl/α,β-unsaturated/α-hetero) is 1. The van der Waals surface area contributed by atoms with Gasteiger partial charge in [0.2, 0.25) is 10.0 Å². The third-order valence-corrected chi connectivity index (χ3v) is 9.19. The van der Waals surface area contributed by atoms with Crippen LogP contribution in [-0.4, -0.2) is 61.5 Å². The molecule has 2 heterocycles. The van der Waals surface area contributed by atoms with E-state index in [0.717, 1.165) is 26.9 Å². The van der Waals surface area contributed by atoms with Crippen LogP contribution in [0.15, 0.2) is 52.1 Å². The summed E-state index contributed by atoms with van der Waals surface area (Å²) in [6.07, 6.45) is 2.55.